The first-order valence-electron chi connectivity index (χ1n) is 5.01. The second kappa shape index (κ2) is 6.06. The summed E-state index contributed by atoms with van der Waals surface area (Å²) in [5.41, 5.74) is 3.75. The van der Waals surface area contributed by atoms with Crippen molar-refractivity contribution in [2.24, 2.45) is 5.84 Å². The van der Waals surface area contributed by atoms with Crippen LogP contribution in [0.25, 0.3) is 0 Å². The minimum Gasteiger partial charge on any atom is -0.271 e. The highest BCUT2D eigenvalue weighted by atomic mass is 79.9. The number of hydrogen-bond acceptors (Lipinski definition) is 4. The molecule has 0 saturated heterocycles. The van der Waals surface area contributed by atoms with Crippen LogP contribution in [0.15, 0.2) is 38.7 Å². The van der Waals surface area contributed by atoms with E-state index in [0.717, 1.165) is 20.4 Å². The minimum absolute atomic E-state index is 0.0103. The Hall–Kier alpha value is -0.270. The summed E-state index contributed by atoms with van der Waals surface area (Å²) in [6, 6.07) is 8.01. The summed E-state index contributed by atoms with van der Waals surface area (Å²) in [4.78, 5) is 5.62. The van der Waals surface area contributed by atoms with Crippen LogP contribution >= 0.6 is 43.2 Å². The Morgan fingerprint density at radius 3 is 2.76 bits per heavy atom. The van der Waals surface area contributed by atoms with E-state index in [9.17, 15) is 0 Å². The number of nitrogens with two attached hydrogens (primary N) is 1. The molecule has 0 fully saturated rings. The second-order valence-electron chi connectivity index (χ2n) is 3.50. The van der Waals surface area contributed by atoms with Crippen LogP contribution in [-0.4, -0.2) is 4.98 Å². The number of hydrogen-bond donors (Lipinski definition) is 2. The first-order valence-corrected chi connectivity index (χ1v) is 7.41. The normalized spacial score (nSPS) is 12.6. The van der Waals surface area contributed by atoms with E-state index in [0.29, 0.717) is 0 Å². The van der Waals surface area contributed by atoms with E-state index in [-0.39, 0.29) is 6.04 Å². The predicted octanol–water partition coefficient (Wildman–Crippen LogP) is 3.42. The third kappa shape index (κ3) is 3.35. The summed E-state index contributed by atoms with van der Waals surface area (Å²) in [5, 5.41) is 0. The summed E-state index contributed by atoms with van der Waals surface area (Å²) in [6.45, 7) is 0. The molecular weight excluding hydrogens is 366 g/mol. The number of rotatable bonds is 4. The van der Waals surface area contributed by atoms with Gasteiger partial charge in [0.2, 0.25) is 0 Å². The molecule has 17 heavy (non-hydrogen) atoms. The van der Waals surface area contributed by atoms with Crippen molar-refractivity contribution in [3.63, 3.8) is 0 Å². The van der Waals surface area contributed by atoms with Gasteiger partial charge in [0, 0.05) is 22.0 Å². The van der Waals surface area contributed by atoms with Crippen molar-refractivity contribution in [1.29, 1.82) is 0 Å². The molecule has 0 aliphatic heterocycles. The standard InChI is InChI=1S/C11H11Br2N3S/c12-8-2-1-5-15-11(8)9(16-14)6-7-3-4-10(13)17-7/h1-5,9,16H,6,14H2. The smallest absolute Gasteiger partial charge is 0.0732 e. The van der Waals surface area contributed by atoms with Crippen molar-refractivity contribution in [3.8, 4) is 0 Å². The monoisotopic (exact) mass is 375 g/mol. The molecular formula is C11H11Br2N3S. The van der Waals surface area contributed by atoms with Gasteiger partial charge in [-0.3, -0.25) is 16.3 Å². The molecule has 2 heterocycles. The Labute approximate surface area is 121 Å². The summed E-state index contributed by atoms with van der Waals surface area (Å²) < 4.78 is 2.10. The lowest BCUT2D eigenvalue weighted by Crippen LogP contribution is -2.30. The van der Waals surface area contributed by atoms with Gasteiger partial charge in [0.25, 0.3) is 0 Å². The molecule has 1 unspecified atom stereocenters. The summed E-state index contributed by atoms with van der Waals surface area (Å²) in [5.74, 6) is 5.61. The van der Waals surface area contributed by atoms with Crippen molar-refractivity contribution in [3.05, 3.63) is 49.3 Å². The molecule has 2 rings (SSSR count). The Balaban J connectivity index is 2.20. The Bertz CT molecular complexity index is 501. The van der Waals surface area contributed by atoms with Crippen molar-refractivity contribution in [1.82, 2.24) is 10.4 Å². The van der Waals surface area contributed by atoms with Gasteiger partial charge in [-0.15, -0.1) is 11.3 Å². The van der Waals surface area contributed by atoms with Crippen LogP contribution in [0.2, 0.25) is 0 Å². The van der Waals surface area contributed by atoms with E-state index in [1.165, 1.54) is 4.88 Å². The Morgan fingerprint density at radius 2 is 2.18 bits per heavy atom. The molecule has 0 aliphatic carbocycles. The van der Waals surface area contributed by atoms with Crippen LogP contribution in [0, 0.1) is 0 Å². The topological polar surface area (TPSA) is 50.9 Å². The van der Waals surface area contributed by atoms with E-state index >= 15 is 0 Å². The number of halogens is 2. The van der Waals surface area contributed by atoms with Gasteiger partial charge in [-0.25, -0.2) is 0 Å². The van der Waals surface area contributed by atoms with Gasteiger partial charge in [0.05, 0.1) is 15.5 Å². The molecule has 0 spiro atoms. The van der Waals surface area contributed by atoms with Gasteiger partial charge >= 0.3 is 0 Å². The minimum atomic E-state index is 0.0103. The Kier molecular flexibility index (Phi) is 4.69. The van der Waals surface area contributed by atoms with Crippen LogP contribution in [0.4, 0.5) is 0 Å². The lowest BCUT2D eigenvalue weighted by Gasteiger charge is -2.15. The van der Waals surface area contributed by atoms with Gasteiger partial charge in [-0.05, 0) is 56.1 Å². The number of nitrogens with one attached hydrogen (secondary N) is 1. The molecule has 0 bridgehead atoms. The zero-order chi connectivity index (χ0) is 12.3. The average Bonchev–Trinajstić information content (AvgIpc) is 2.73. The van der Waals surface area contributed by atoms with Gasteiger partial charge in [0.15, 0.2) is 0 Å². The molecule has 0 saturated carbocycles. The molecule has 3 nitrogen and oxygen atoms in total. The fourth-order valence-corrected chi connectivity index (χ4v) is 3.61. The van der Waals surface area contributed by atoms with E-state index in [4.69, 9.17) is 5.84 Å². The van der Waals surface area contributed by atoms with Crippen LogP contribution in [0.1, 0.15) is 16.6 Å². The van der Waals surface area contributed by atoms with Gasteiger partial charge in [0.1, 0.15) is 0 Å². The maximum atomic E-state index is 5.61. The third-order valence-corrected chi connectivity index (χ3v) is 4.67. The van der Waals surface area contributed by atoms with Crippen molar-refractivity contribution >= 4 is 43.2 Å². The van der Waals surface area contributed by atoms with Crippen LogP contribution in [0.5, 0.6) is 0 Å². The van der Waals surface area contributed by atoms with E-state index < -0.39 is 0 Å². The summed E-state index contributed by atoms with van der Waals surface area (Å²) in [7, 11) is 0. The second-order valence-corrected chi connectivity index (χ2v) is 6.90. The lowest BCUT2D eigenvalue weighted by molar-refractivity contribution is 0.539. The highest BCUT2D eigenvalue weighted by molar-refractivity contribution is 9.11. The predicted molar refractivity (Wildman–Crippen MR) is 77.7 cm³/mol. The molecule has 0 radical (unpaired) electrons. The highest BCUT2D eigenvalue weighted by Gasteiger charge is 2.15. The maximum absolute atomic E-state index is 5.61. The molecule has 3 N–H and O–H groups in total. The molecule has 2 aromatic heterocycles. The lowest BCUT2D eigenvalue weighted by atomic mass is 10.1. The fourth-order valence-electron chi connectivity index (χ4n) is 1.55. The molecule has 1 atom stereocenters. The molecule has 0 aliphatic rings. The van der Waals surface area contributed by atoms with Gasteiger partial charge in [-0.2, -0.15) is 0 Å². The van der Waals surface area contributed by atoms with Crippen molar-refractivity contribution < 1.29 is 0 Å². The van der Waals surface area contributed by atoms with Crippen LogP contribution in [0.3, 0.4) is 0 Å². The van der Waals surface area contributed by atoms with E-state index in [2.05, 4.69) is 48.3 Å². The molecule has 6 heteroatoms. The first-order chi connectivity index (χ1) is 8.20. The quantitative estimate of drug-likeness (QED) is 0.634. The van der Waals surface area contributed by atoms with E-state index in [1.807, 2.05) is 18.2 Å². The molecule has 0 aromatic carbocycles. The molecule has 90 valence electrons. The maximum Gasteiger partial charge on any atom is 0.0732 e. The number of nitrogens with zero attached hydrogens (tertiary/aromatic N) is 1. The van der Waals surface area contributed by atoms with Crippen molar-refractivity contribution in [2.45, 2.75) is 12.5 Å². The zero-order valence-corrected chi connectivity index (χ0v) is 12.8. The van der Waals surface area contributed by atoms with Gasteiger partial charge < -0.3 is 0 Å². The number of hydrazine groups is 1. The fraction of sp³-hybridized carbons (Fsp3) is 0.182. The molecule has 0 amide bonds. The third-order valence-electron chi connectivity index (χ3n) is 2.35. The SMILES string of the molecule is NNC(Cc1ccc(Br)s1)c1ncccc1Br. The average molecular weight is 377 g/mol. The number of pyridine rings is 1. The first kappa shape index (κ1) is 13.2. The van der Waals surface area contributed by atoms with Crippen LogP contribution < -0.4 is 11.3 Å². The van der Waals surface area contributed by atoms with E-state index in [1.54, 1.807) is 17.5 Å². The van der Waals surface area contributed by atoms with Crippen molar-refractivity contribution in [2.75, 3.05) is 0 Å². The van der Waals surface area contributed by atoms with Gasteiger partial charge in [-0.1, -0.05) is 0 Å². The van der Waals surface area contributed by atoms with Crippen LogP contribution in [-0.2, 0) is 6.42 Å². The summed E-state index contributed by atoms with van der Waals surface area (Å²) in [6.07, 6.45) is 2.59. The zero-order valence-electron chi connectivity index (χ0n) is 8.86. The largest absolute Gasteiger partial charge is 0.271 e. The number of thiophene rings is 1. The highest BCUT2D eigenvalue weighted by Crippen LogP contribution is 2.28. The Morgan fingerprint density at radius 1 is 1.35 bits per heavy atom. The molecule has 2 aromatic rings. The number of aromatic nitrogens is 1. The summed E-state index contributed by atoms with van der Waals surface area (Å²) >= 11 is 8.66.